The van der Waals surface area contributed by atoms with Crippen LogP contribution in [0.4, 0.5) is 11.5 Å². The lowest BCUT2D eigenvalue weighted by molar-refractivity contribution is 0.260. The van der Waals surface area contributed by atoms with Crippen molar-refractivity contribution in [1.29, 1.82) is 0 Å². The number of nitrogens with zero attached hydrogens (tertiary/aromatic N) is 4. The van der Waals surface area contributed by atoms with Crippen molar-refractivity contribution < 1.29 is 5.11 Å². The van der Waals surface area contributed by atoms with Gasteiger partial charge in [0.1, 0.15) is 0 Å². The molecule has 1 aromatic carbocycles. The number of aromatic nitrogens is 4. The van der Waals surface area contributed by atoms with E-state index in [0.29, 0.717) is 28.7 Å². The van der Waals surface area contributed by atoms with Crippen LogP contribution in [0.25, 0.3) is 11.0 Å². The minimum atomic E-state index is -0.215. The van der Waals surface area contributed by atoms with Crippen molar-refractivity contribution in [2.45, 2.75) is 65.6 Å². The smallest absolute Gasteiger partial charge is 0.227 e. The highest BCUT2D eigenvalue weighted by atomic mass is 35.5. The molecule has 1 unspecified atom stereocenters. The maximum Gasteiger partial charge on any atom is 0.227 e. The van der Waals surface area contributed by atoms with Gasteiger partial charge in [-0.25, -0.2) is 4.99 Å². The van der Waals surface area contributed by atoms with Crippen LogP contribution in [-0.2, 0) is 6.54 Å². The first-order chi connectivity index (χ1) is 14.8. The molecule has 0 aliphatic heterocycles. The highest BCUT2D eigenvalue weighted by molar-refractivity contribution is 6.33. The quantitative estimate of drug-likeness (QED) is 0.391. The van der Waals surface area contributed by atoms with E-state index < -0.39 is 0 Å². The van der Waals surface area contributed by atoms with E-state index >= 15 is 0 Å². The summed E-state index contributed by atoms with van der Waals surface area (Å²) in [5.41, 5.74) is 10.8. The molecule has 0 fully saturated rings. The van der Waals surface area contributed by atoms with E-state index in [1.807, 2.05) is 19.1 Å². The number of hydrogen-bond donors (Lipinski definition) is 4. The highest BCUT2D eigenvalue weighted by Crippen LogP contribution is 2.28. The second-order valence-electron chi connectivity index (χ2n) is 8.30. The van der Waals surface area contributed by atoms with Gasteiger partial charge in [-0.3, -0.25) is 5.10 Å². The van der Waals surface area contributed by atoms with Crippen molar-refractivity contribution in [3.63, 3.8) is 0 Å². The number of nitrogens with one attached hydrogen (secondary N) is 2. The van der Waals surface area contributed by atoms with Gasteiger partial charge in [0.15, 0.2) is 11.3 Å². The summed E-state index contributed by atoms with van der Waals surface area (Å²) in [5, 5.41) is 21.4. The Morgan fingerprint density at radius 2 is 2.03 bits per heavy atom. The molecule has 3 aromatic rings. The molecule has 2 aromatic heterocycles. The number of hydrogen-bond acceptors (Lipinski definition) is 6. The molecule has 3 rings (SSSR count). The maximum atomic E-state index is 9.72. The van der Waals surface area contributed by atoms with Crippen LogP contribution in [-0.4, -0.2) is 37.5 Å². The van der Waals surface area contributed by atoms with Gasteiger partial charge >= 0.3 is 0 Å². The minimum Gasteiger partial charge on any atom is -0.398 e. The van der Waals surface area contributed by atoms with Gasteiger partial charge in [-0.05, 0) is 43.9 Å². The maximum absolute atomic E-state index is 9.72. The molecule has 8 nitrogen and oxygen atoms in total. The first-order valence-electron chi connectivity index (χ1n) is 10.7. The third kappa shape index (κ3) is 4.85. The zero-order valence-electron chi connectivity index (χ0n) is 18.8. The van der Waals surface area contributed by atoms with Crippen LogP contribution in [0, 0.1) is 0 Å². The molecule has 0 bridgehead atoms. The summed E-state index contributed by atoms with van der Waals surface area (Å²) in [6.07, 6.45) is 0.726. The Morgan fingerprint density at radius 1 is 1.29 bits per heavy atom. The summed E-state index contributed by atoms with van der Waals surface area (Å²) in [5.74, 6) is 0.879. The summed E-state index contributed by atoms with van der Waals surface area (Å²) < 4.78 is 2.10. The molecule has 9 heteroatoms. The number of H-pyrrole nitrogens is 1. The van der Waals surface area contributed by atoms with Crippen molar-refractivity contribution >= 4 is 34.1 Å². The standard InChI is InChI=1S/C22H32ClN7O/c1-6-15(11-31)26-22-27-21(25-10-14-7-8-16(23)17(24)9-14)19-20(30(22)13(4)5)18(12(2)3)28-29-19/h7-9,12-13,15,31H,6,10-11,24H2,1-5H3,(H,28,29)(H,25,26,27). The molecule has 0 radical (unpaired) electrons. The number of fused-ring (bicyclic) bond motifs is 1. The van der Waals surface area contributed by atoms with Crippen molar-refractivity contribution in [2.75, 3.05) is 17.7 Å². The van der Waals surface area contributed by atoms with Crippen molar-refractivity contribution in [2.24, 2.45) is 4.99 Å². The molecular weight excluding hydrogens is 414 g/mol. The second kappa shape index (κ2) is 9.70. The van der Waals surface area contributed by atoms with E-state index in [1.165, 1.54) is 0 Å². The fraction of sp³-hybridized carbons (Fsp3) is 0.500. The highest BCUT2D eigenvalue weighted by Gasteiger charge is 2.20. The number of rotatable bonds is 8. The molecule has 0 spiro atoms. The molecule has 0 saturated heterocycles. The van der Waals surface area contributed by atoms with E-state index in [4.69, 9.17) is 27.3 Å². The largest absolute Gasteiger partial charge is 0.398 e. The Morgan fingerprint density at radius 3 is 2.61 bits per heavy atom. The molecular formula is C22H32ClN7O. The number of aromatic amines is 1. The predicted molar refractivity (Wildman–Crippen MR) is 126 cm³/mol. The number of anilines is 2. The predicted octanol–water partition coefficient (Wildman–Crippen LogP) is 3.98. The van der Waals surface area contributed by atoms with Crippen LogP contribution in [0.15, 0.2) is 23.2 Å². The van der Waals surface area contributed by atoms with Gasteiger partial charge in [-0.15, -0.1) is 0 Å². The lowest BCUT2D eigenvalue weighted by atomic mass is 10.1. The molecule has 0 aliphatic carbocycles. The number of nitrogen functional groups attached to an aromatic ring is 1. The molecule has 0 aliphatic rings. The number of nitrogens with two attached hydrogens (primary N) is 1. The number of aliphatic hydroxyl groups excluding tert-OH is 1. The van der Waals surface area contributed by atoms with Crippen molar-refractivity contribution in [3.8, 4) is 0 Å². The van der Waals surface area contributed by atoms with Crippen LogP contribution < -0.4 is 16.7 Å². The first-order valence-corrected chi connectivity index (χ1v) is 11.1. The summed E-state index contributed by atoms with van der Waals surface area (Å²) in [6.45, 7) is 10.9. The summed E-state index contributed by atoms with van der Waals surface area (Å²) in [7, 11) is 0. The number of halogens is 1. The van der Waals surface area contributed by atoms with Gasteiger partial charge in [-0.2, -0.15) is 10.1 Å². The van der Waals surface area contributed by atoms with Gasteiger partial charge in [0, 0.05) is 12.6 Å². The average molecular weight is 446 g/mol. The van der Waals surface area contributed by atoms with E-state index in [2.05, 4.69) is 47.8 Å². The van der Waals surface area contributed by atoms with Crippen LogP contribution >= 0.6 is 11.6 Å². The van der Waals surface area contributed by atoms with Crippen molar-refractivity contribution in [3.05, 3.63) is 40.1 Å². The van der Waals surface area contributed by atoms with Gasteiger partial charge < -0.3 is 20.7 Å². The average Bonchev–Trinajstić information content (AvgIpc) is 3.17. The first kappa shape index (κ1) is 23.1. The zero-order chi connectivity index (χ0) is 22.7. The Bertz CT molecular complexity index is 1110. The van der Waals surface area contributed by atoms with E-state index in [0.717, 1.165) is 28.7 Å². The molecule has 0 amide bonds. The van der Waals surface area contributed by atoms with Crippen molar-refractivity contribution in [1.82, 2.24) is 19.7 Å². The van der Waals surface area contributed by atoms with Gasteiger partial charge in [0.25, 0.3) is 0 Å². The van der Waals surface area contributed by atoms with E-state index in [-0.39, 0.29) is 24.6 Å². The molecule has 2 heterocycles. The molecule has 5 N–H and O–H groups in total. The number of aliphatic hydroxyl groups is 1. The van der Waals surface area contributed by atoms with Gasteiger partial charge in [0.05, 0.1) is 34.6 Å². The molecule has 168 valence electrons. The zero-order valence-corrected chi connectivity index (χ0v) is 19.5. The minimum absolute atomic E-state index is 0.0243. The van der Waals surface area contributed by atoms with Crippen LogP contribution in [0.1, 0.15) is 64.3 Å². The Kier molecular flexibility index (Phi) is 7.23. The fourth-order valence-electron chi connectivity index (χ4n) is 3.48. The van der Waals surface area contributed by atoms with E-state index in [1.54, 1.807) is 6.07 Å². The van der Waals surface area contributed by atoms with Gasteiger partial charge in [0.2, 0.25) is 5.62 Å². The third-order valence-electron chi connectivity index (χ3n) is 5.25. The molecule has 0 saturated carbocycles. The summed E-state index contributed by atoms with van der Waals surface area (Å²) >= 11 is 6.04. The Balaban J connectivity index is 2.18. The summed E-state index contributed by atoms with van der Waals surface area (Å²) in [4.78, 5) is 9.59. The normalized spacial score (nSPS) is 13.5. The lowest BCUT2D eigenvalue weighted by Crippen LogP contribution is -2.30. The SMILES string of the molecule is CCC(CO)N=c1nc(NCc2ccc(Cl)c(N)c2)c2n[nH]c(C(C)C)c2n1C(C)C. The monoisotopic (exact) mass is 445 g/mol. The summed E-state index contributed by atoms with van der Waals surface area (Å²) in [6, 6.07) is 5.46. The van der Waals surface area contributed by atoms with Crippen LogP contribution in [0.3, 0.4) is 0 Å². The van der Waals surface area contributed by atoms with Crippen LogP contribution in [0.2, 0.25) is 5.02 Å². The topological polar surface area (TPSA) is 117 Å². The fourth-order valence-corrected chi connectivity index (χ4v) is 3.60. The Labute approximate surface area is 187 Å². The molecule has 1 atom stereocenters. The number of benzene rings is 1. The Hall–Kier alpha value is -2.58. The van der Waals surface area contributed by atoms with E-state index in [9.17, 15) is 5.11 Å². The van der Waals surface area contributed by atoms with Crippen LogP contribution in [0.5, 0.6) is 0 Å². The van der Waals surface area contributed by atoms with Gasteiger partial charge in [-0.1, -0.05) is 38.4 Å². The third-order valence-corrected chi connectivity index (χ3v) is 5.60. The lowest BCUT2D eigenvalue weighted by Gasteiger charge is -2.18. The molecule has 31 heavy (non-hydrogen) atoms. The second-order valence-corrected chi connectivity index (χ2v) is 8.70.